The van der Waals surface area contributed by atoms with Crippen LogP contribution in [0.25, 0.3) is 0 Å². The molecule has 0 heterocycles. The number of hydrogen-bond acceptors (Lipinski definition) is 2. The van der Waals surface area contributed by atoms with E-state index in [-0.39, 0.29) is 0 Å². The van der Waals surface area contributed by atoms with Crippen molar-refractivity contribution in [2.24, 2.45) is 0 Å². The molecule has 0 aliphatic heterocycles. The number of rotatable bonds is 7. The molecule has 5 unspecified atom stereocenters. The van der Waals surface area contributed by atoms with Crippen molar-refractivity contribution in [3.63, 3.8) is 0 Å². The fourth-order valence-electron chi connectivity index (χ4n) is 0.953. The second kappa shape index (κ2) is 6.43. The Morgan fingerprint density at radius 2 is 1.29 bits per heavy atom. The first-order chi connectivity index (χ1) is 7.60. The molecule has 1 N–H and O–H groups in total. The maximum absolute atomic E-state index is 12.8. The standard InChI is InChI=1S/C7H10F6O3S/c8-1-3(9)5(11)7(13)6(12)4(10)2-17(14,15)16/h3-7H,1-2H2,(H,14,15,16). The summed E-state index contributed by atoms with van der Waals surface area (Å²) in [5.74, 6) is -1.80. The van der Waals surface area contributed by atoms with Crippen LogP contribution >= 0.6 is 0 Å². The van der Waals surface area contributed by atoms with E-state index in [0.29, 0.717) is 0 Å². The predicted octanol–water partition coefficient (Wildman–Crippen LogP) is 1.53. The molecule has 0 radical (unpaired) electrons. The van der Waals surface area contributed by atoms with Gasteiger partial charge in [-0.25, -0.2) is 26.3 Å². The molecule has 104 valence electrons. The molecule has 0 aromatic rings. The van der Waals surface area contributed by atoms with E-state index < -0.39 is 53.4 Å². The lowest BCUT2D eigenvalue weighted by atomic mass is 10.1. The third kappa shape index (κ3) is 5.57. The summed E-state index contributed by atoms with van der Waals surface area (Å²) < 4.78 is 103. The van der Waals surface area contributed by atoms with Gasteiger partial charge in [0.25, 0.3) is 10.1 Å². The quantitative estimate of drug-likeness (QED) is 0.571. The van der Waals surface area contributed by atoms with Gasteiger partial charge in [-0.2, -0.15) is 8.42 Å². The van der Waals surface area contributed by atoms with Crippen molar-refractivity contribution >= 4 is 10.1 Å². The Morgan fingerprint density at radius 3 is 1.65 bits per heavy atom. The van der Waals surface area contributed by atoms with Gasteiger partial charge >= 0.3 is 0 Å². The van der Waals surface area contributed by atoms with Gasteiger partial charge < -0.3 is 0 Å². The molecule has 0 spiro atoms. The first-order valence-electron chi connectivity index (χ1n) is 4.31. The van der Waals surface area contributed by atoms with Gasteiger partial charge in [-0.3, -0.25) is 4.55 Å². The number of hydrogen-bond donors (Lipinski definition) is 1. The second-order valence-electron chi connectivity index (χ2n) is 3.27. The summed E-state index contributed by atoms with van der Waals surface area (Å²) in [5, 5.41) is 0. The molecule has 0 fully saturated rings. The Hall–Kier alpha value is -0.510. The van der Waals surface area contributed by atoms with E-state index in [4.69, 9.17) is 4.55 Å². The molecule has 0 bridgehead atoms. The highest BCUT2D eigenvalue weighted by Crippen LogP contribution is 2.22. The van der Waals surface area contributed by atoms with Crippen LogP contribution in [0.3, 0.4) is 0 Å². The molecule has 0 saturated heterocycles. The maximum atomic E-state index is 12.8. The molecule has 0 rings (SSSR count). The zero-order valence-electron chi connectivity index (χ0n) is 8.24. The number of halogens is 6. The first-order valence-corrected chi connectivity index (χ1v) is 5.92. The molecular formula is C7H10F6O3S. The van der Waals surface area contributed by atoms with E-state index in [9.17, 15) is 34.8 Å². The third-order valence-corrected chi connectivity index (χ3v) is 2.56. The van der Waals surface area contributed by atoms with Crippen molar-refractivity contribution in [1.29, 1.82) is 0 Å². The van der Waals surface area contributed by atoms with Crippen LogP contribution in [0.1, 0.15) is 0 Å². The SMILES string of the molecule is O=S(=O)(O)CC(F)C(F)C(F)C(F)C(F)CF. The summed E-state index contributed by atoms with van der Waals surface area (Å²) in [6, 6.07) is 0. The highest BCUT2D eigenvalue weighted by Gasteiger charge is 2.41. The zero-order valence-corrected chi connectivity index (χ0v) is 9.06. The lowest BCUT2D eigenvalue weighted by Gasteiger charge is -2.20. The third-order valence-electron chi connectivity index (χ3n) is 1.82. The topological polar surface area (TPSA) is 54.4 Å². The molecule has 0 saturated carbocycles. The summed E-state index contributed by atoms with van der Waals surface area (Å²) in [4.78, 5) is 0. The fourth-order valence-corrected chi connectivity index (χ4v) is 1.54. The van der Waals surface area contributed by atoms with Gasteiger partial charge in [0.2, 0.25) is 0 Å². The van der Waals surface area contributed by atoms with E-state index in [0.717, 1.165) is 0 Å². The normalized spacial score (nSPS) is 21.6. The summed E-state index contributed by atoms with van der Waals surface area (Å²) >= 11 is 0. The highest BCUT2D eigenvalue weighted by atomic mass is 32.2. The predicted molar refractivity (Wildman–Crippen MR) is 46.9 cm³/mol. The number of alkyl halides is 6. The van der Waals surface area contributed by atoms with Crippen LogP contribution < -0.4 is 0 Å². The maximum Gasteiger partial charge on any atom is 0.267 e. The minimum atomic E-state index is -4.93. The largest absolute Gasteiger partial charge is 0.285 e. The van der Waals surface area contributed by atoms with Crippen LogP contribution in [-0.2, 0) is 10.1 Å². The van der Waals surface area contributed by atoms with Crippen molar-refractivity contribution in [1.82, 2.24) is 0 Å². The van der Waals surface area contributed by atoms with Gasteiger partial charge in [0.15, 0.2) is 30.9 Å². The van der Waals surface area contributed by atoms with Crippen LogP contribution in [0.4, 0.5) is 26.3 Å². The van der Waals surface area contributed by atoms with Gasteiger partial charge in [-0.15, -0.1) is 0 Å². The Balaban J connectivity index is 4.53. The molecule has 10 heteroatoms. The van der Waals surface area contributed by atoms with Crippen molar-refractivity contribution in [3.8, 4) is 0 Å². The summed E-state index contributed by atoms with van der Waals surface area (Å²) in [6.45, 7) is -1.93. The van der Waals surface area contributed by atoms with Crippen LogP contribution in [0.15, 0.2) is 0 Å². The second-order valence-corrected chi connectivity index (χ2v) is 4.77. The van der Waals surface area contributed by atoms with Crippen molar-refractivity contribution in [2.75, 3.05) is 12.4 Å². The molecule has 0 aromatic heterocycles. The molecule has 0 aliphatic carbocycles. The van der Waals surface area contributed by atoms with E-state index in [2.05, 4.69) is 0 Å². The average molecular weight is 288 g/mol. The van der Waals surface area contributed by atoms with Gasteiger partial charge in [0.1, 0.15) is 12.4 Å². The van der Waals surface area contributed by atoms with Crippen molar-refractivity contribution in [3.05, 3.63) is 0 Å². The monoisotopic (exact) mass is 288 g/mol. The van der Waals surface area contributed by atoms with Crippen LogP contribution in [0, 0.1) is 0 Å². The highest BCUT2D eigenvalue weighted by molar-refractivity contribution is 7.85. The lowest BCUT2D eigenvalue weighted by molar-refractivity contribution is 0.000251. The van der Waals surface area contributed by atoms with E-state index >= 15 is 0 Å². The van der Waals surface area contributed by atoms with E-state index in [1.165, 1.54) is 0 Å². The summed E-state index contributed by atoms with van der Waals surface area (Å²) in [5.41, 5.74) is 0. The van der Waals surface area contributed by atoms with Gasteiger partial charge in [-0.05, 0) is 0 Å². The van der Waals surface area contributed by atoms with Crippen LogP contribution in [-0.4, -0.2) is 56.3 Å². The van der Waals surface area contributed by atoms with E-state index in [1.54, 1.807) is 0 Å². The van der Waals surface area contributed by atoms with E-state index in [1.807, 2.05) is 0 Å². The molecule has 5 atom stereocenters. The molecule has 3 nitrogen and oxygen atoms in total. The Kier molecular flexibility index (Phi) is 6.24. The van der Waals surface area contributed by atoms with Gasteiger partial charge in [0, 0.05) is 0 Å². The summed E-state index contributed by atoms with van der Waals surface area (Å²) in [6.07, 6.45) is -16.0. The van der Waals surface area contributed by atoms with Crippen molar-refractivity contribution < 1.29 is 39.3 Å². The Labute approximate surface area is 93.6 Å². The first kappa shape index (κ1) is 16.5. The minimum Gasteiger partial charge on any atom is -0.285 e. The molecule has 0 aliphatic rings. The fraction of sp³-hybridized carbons (Fsp3) is 1.00. The van der Waals surface area contributed by atoms with Gasteiger partial charge in [0.05, 0.1) is 0 Å². The van der Waals surface area contributed by atoms with Gasteiger partial charge in [-0.1, -0.05) is 0 Å². The molecule has 0 aromatic carbocycles. The summed E-state index contributed by atoms with van der Waals surface area (Å²) in [7, 11) is -4.93. The molecule has 17 heavy (non-hydrogen) atoms. The zero-order chi connectivity index (χ0) is 13.8. The molecule has 0 amide bonds. The Bertz CT molecular complexity index is 324. The average Bonchev–Trinajstić information content (AvgIpc) is 2.22. The minimum absolute atomic E-state index is 1.80. The lowest BCUT2D eigenvalue weighted by Crippen LogP contribution is -2.42. The van der Waals surface area contributed by atoms with Crippen LogP contribution in [0.2, 0.25) is 0 Å². The smallest absolute Gasteiger partial charge is 0.267 e. The van der Waals surface area contributed by atoms with Crippen molar-refractivity contribution in [2.45, 2.75) is 30.9 Å². The van der Waals surface area contributed by atoms with Crippen LogP contribution in [0.5, 0.6) is 0 Å². The Morgan fingerprint density at radius 1 is 0.882 bits per heavy atom. The molecular weight excluding hydrogens is 278 g/mol.